The molecule has 1 amide bonds. The van der Waals surface area contributed by atoms with Crippen LogP contribution in [-0.4, -0.2) is 39.1 Å². The number of piperidine rings is 1. The van der Waals surface area contributed by atoms with Gasteiger partial charge >= 0.3 is 0 Å². The molecule has 0 spiro atoms. The fourth-order valence-electron chi connectivity index (χ4n) is 2.58. The van der Waals surface area contributed by atoms with Gasteiger partial charge in [-0.25, -0.2) is 4.98 Å². The zero-order valence-corrected chi connectivity index (χ0v) is 12.3. The Hall–Kier alpha value is -1.69. The molecule has 1 unspecified atom stereocenters. The molecule has 1 aliphatic rings. The fraction of sp³-hybridized carbons (Fsp3) is 0.500. The number of aromatic amines is 1. The zero-order chi connectivity index (χ0) is 13.9. The standard InChI is InChI=1S/C14H18N4OS/c1-2-12-15-13(17-16-12)10-5-3-7-18(9-10)14(19)11-6-4-8-20-11/h4,6,8,10H,2-3,5,7,9H2,1H3,(H,15,16,17). The predicted octanol–water partition coefficient (Wildman–Crippen LogP) is 2.45. The van der Waals surface area contributed by atoms with Crippen molar-refractivity contribution in [2.24, 2.45) is 0 Å². The number of nitrogens with one attached hydrogen (secondary N) is 1. The molecule has 0 radical (unpaired) electrons. The summed E-state index contributed by atoms with van der Waals surface area (Å²) in [6, 6.07) is 3.81. The molecule has 106 valence electrons. The van der Waals surface area contributed by atoms with Crippen molar-refractivity contribution in [1.82, 2.24) is 20.1 Å². The first-order valence-electron chi connectivity index (χ1n) is 7.02. The lowest BCUT2D eigenvalue weighted by Crippen LogP contribution is -2.39. The average molecular weight is 290 g/mol. The van der Waals surface area contributed by atoms with Crippen LogP contribution in [0.4, 0.5) is 0 Å². The summed E-state index contributed by atoms with van der Waals surface area (Å²) in [6.45, 7) is 3.60. The highest BCUT2D eigenvalue weighted by atomic mass is 32.1. The summed E-state index contributed by atoms with van der Waals surface area (Å²) in [5.41, 5.74) is 0. The van der Waals surface area contributed by atoms with E-state index < -0.39 is 0 Å². The Morgan fingerprint density at radius 1 is 1.60 bits per heavy atom. The Morgan fingerprint density at radius 3 is 3.20 bits per heavy atom. The summed E-state index contributed by atoms with van der Waals surface area (Å²) in [7, 11) is 0. The Bertz CT molecular complexity index is 578. The average Bonchev–Trinajstić information content (AvgIpc) is 3.17. The highest BCUT2D eigenvalue weighted by Crippen LogP contribution is 2.26. The molecule has 6 heteroatoms. The number of amides is 1. The first-order chi connectivity index (χ1) is 9.78. The molecule has 1 fully saturated rings. The molecule has 0 saturated carbocycles. The zero-order valence-electron chi connectivity index (χ0n) is 11.5. The SMILES string of the molecule is CCc1nc(C2CCCN(C(=O)c3cccs3)C2)n[nH]1. The molecule has 1 aliphatic heterocycles. The Morgan fingerprint density at radius 2 is 2.50 bits per heavy atom. The van der Waals surface area contributed by atoms with Gasteiger partial charge in [0.25, 0.3) is 5.91 Å². The van der Waals surface area contributed by atoms with Crippen LogP contribution in [0.5, 0.6) is 0 Å². The molecule has 1 saturated heterocycles. The van der Waals surface area contributed by atoms with Crippen molar-refractivity contribution < 1.29 is 4.79 Å². The van der Waals surface area contributed by atoms with Gasteiger partial charge in [0.2, 0.25) is 0 Å². The topological polar surface area (TPSA) is 61.9 Å². The number of H-pyrrole nitrogens is 1. The third kappa shape index (κ3) is 2.60. The second kappa shape index (κ2) is 5.75. The number of carbonyl (C=O) groups is 1. The number of aromatic nitrogens is 3. The van der Waals surface area contributed by atoms with E-state index in [1.54, 1.807) is 0 Å². The first-order valence-corrected chi connectivity index (χ1v) is 7.90. The molecule has 1 atom stereocenters. The molecule has 20 heavy (non-hydrogen) atoms. The number of aryl methyl sites for hydroxylation is 1. The van der Waals surface area contributed by atoms with Crippen LogP contribution in [-0.2, 0) is 6.42 Å². The third-order valence-electron chi connectivity index (χ3n) is 3.69. The van der Waals surface area contributed by atoms with E-state index in [0.717, 1.165) is 48.9 Å². The molecule has 5 nitrogen and oxygen atoms in total. The maximum absolute atomic E-state index is 12.4. The van der Waals surface area contributed by atoms with Crippen LogP contribution in [0.3, 0.4) is 0 Å². The number of likely N-dealkylation sites (tertiary alicyclic amines) is 1. The number of hydrogen-bond donors (Lipinski definition) is 1. The van der Waals surface area contributed by atoms with E-state index in [1.165, 1.54) is 11.3 Å². The van der Waals surface area contributed by atoms with Crippen molar-refractivity contribution in [3.8, 4) is 0 Å². The highest BCUT2D eigenvalue weighted by molar-refractivity contribution is 7.12. The minimum atomic E-state index is 0.135. The van der Waals surface area contributed by atoms with Crippen molar-refractivity contribution in [3.05, 3.63) is 34.0 Å². The largest absolute Gasteiger partial charge is 0.337 e. The van der Waals surface area contributed by atoms with Gasteiger partial charge in [-0.3, -0.25) is 9.89 Å². The summed E-state index contributed by atoms with van der Waals surface area (Å²) in [5, 5.41) is 9.20. The van der Waals surface area contributed by atoms with Crippen LogP contribution in [0.1, 0.15) is 47.0 Å². The van der Waals surface area contributed by atoms with E-state index in [0.29, 0.717) is 0 Å². The van der Waals surface area contributed by atoms with Gasteiger partial charge < -0.3 is 4.90 Å². The second-order valence-corrected chi connectivity index (χ2v) is 6.01. The van der Waals surface area contributed by atoms with Gasteiger partial charge in [-0.15, -0.1) is 11.3 Å². The second-order valence-electron chi connectivity index (χ2n) is 5.06. The van der Waals surface area contributed by atoms with E-state index in [9.17, 15) is 4.79 Å². The maximum Gasteiger partial charge on any atom is 0.263 e. The van der Waals surface area contributed by atoms with E-state index in [-0.39, 0.29) is 11.8 Å². The van der Waals surface area contributed by atoms with Gasteiger partial charge in [-0.1, -0.05) is 13.0 Å². The van der Waals surface area contributed by atoms with Crippen molar-refractivity contribution in [2.45, 2.75) is 32.1 Å². The highest BCUT2D eigenvalue weighted by Gasteiger charge is 2.28. The normalized spacial score (nSPS) is 19.2. The molecule has 2 aromatic rings. The maximum atomic E-state index is 12.4. The van der Waals surface area contributed by atoms with Crippen molar-refractivity contribution in [3.63, 3.8) is 0 Å². The molecule has 2 aromatic heterocycles. The molecule has 3 rings (SSSR count). The van der Waals surface area contributed by atoms with E-state index in [4.69, 9.17) is 0 Å². The van der Waals surface area contributed by atoms with Crippen LogP contribution in [0.2, 0.25) is 0 Å². The molecular formula is C14H18N4OS. The van der Waals surface area contributed by atoms with Crippen LogP contribution in [0, 0.1) is 0 Å². The summed E-state index contributed by atoms with van der Waals surface area (Å²) in [4.78, 5) is 19.6. The Balaban J connectivity index is 1.71. The van der Waals surface area contributed by atoms with Crippen LogP contribution < -0.4 is 0 Å². The summed E-state index contributed by atoms with van der Waals surface area (Å²) < 4.78 is 0. The molecule has 1 N–H and O–H groups in total. The number of rotatable bonds is 3. The smallest absolute Gasteiger partial charge is 0.263 e. The lowest BCUT2D eigenvalue weighted by molar-refractivity contribution is 0.0709. The molecule has 0 aromatic carbocycles. The Labute approximate surface area is 122 Å². The third-order valence-corrected chi connectivity index (χ3v) is 4.55. The van der Waals surface area contributed by atoms with Crippen molar-refractivity contribution >= 4 is 17.2 Å². The Kier molecular flexibility index (Phi) is 3.82. The van der Waals surface area contributed by atoms with Crippen LogP contribution in [0.15, 0.2) is 17.5 Å². The van der Waals surface area contributed by atoms with Crippen LogP contribution in [0.25, 0.3) is 0 Å². The first kappa shape index (κ1) is 13.3. The van der Waals surface area contributed by atoms with Gasteiger partial charge in [-0.2, -0.15) is 5.10 Å². The van der Waals surface area contributed by atoms with Gasteiger partial charge in [0.15, 0.2) is 5.82 Å². The summed E-state index contributed by atoms with van der Waals surface area (Å²) in [6.07, 6.45) is 2.92. The van der Waals surface area contributed by atoms with Gasteiger partial charge in [-0.05, 0) is 24.3 Å². The molecule has 0 bridgehead atoms. The molecular weight excluding hydrogens is 272 g/mol. The van der Waals surface area contributed by atoms with Gasteiger partial charge in [0.05, 0.1) is 4.88 Å². The van der Waals surface area contributed by atoms with Crippen molar-refractivity contribution in [1.29, 1.82) is 0 Å². The lowest BCUT2D eigenvalue weighted by Gasteiger charge is -2.31. The summed E-state index contributed by atoms with van der Waals surface area (Å²) in [5.74, 6) is 2.16. The number of thiophene rings is 1. The monoisotopic (exact) mass is 290 g/mol. The minimum absolute atomic E-state index is 0.135. The van der Waals surface area contributed by atoms with Crippen molar-refractivity contribution in [2.75, 3.05) is 13.1 Å². The quantitative estimate of drug-likeness (QED) is 0.944. The predicted molar refractivity (Wildman–Crippen MR) is 78.0 cm³/mol. The van der Waals surface area contributed by atoms with Crippen LogP contribution >= 0.6 is 11.3 Å². The lowest BCUT2D eigenvalue weighted by atomic mass is 9.97. The minimum Gasteiger partial charge on any atom is -0.337 e. The van der Waals surface area contributed by atoms with E-state index in [2.05, 4.69) is 22.1 Å². The van der Waals surface area contributed by atoms with Gasteiger partial charge in [0, 0.05) is 25.4 Å². The number of hydrogen-bond acceptors (Lipinski definition) is 4. The number of nitrogens with zero attached hydrogens (tertiary/aromatic N) is 3. The van der Waals surface area contributed by atoms with E-state index in [1.807, 2.05) is 22.4 Å². The molecule has 3 heterocycles. The molecule has 0 aliphatic carbocycles. The fourth-order valence-corrected chi connectivity index (χ4v) is 3.27. The van der Waals surface area contributed by atoms with E-state index >= 15 is 0 Å². The number of carbonyl (C=O) groups excluding carboxylic acids is 1. The van der Waals surface area contributed by atoms with Gasteiger partial charge in [0.1, 0.15) is 5.82 Å². The summed E-state index contributed by atoms with van der Waals surface area (Å²) >= 11 is 1.50.